The van der Waals surface area contributed by atoms with E-state index in [0.29, 0.717) is 31.7 Å². The topological polar surface area (TPSA) is 91.3 Å². The Labute approximate surface area is 128 Å². The summed E-state index contributed by atoms with van der Waals surface area (Å²) in [6.07, 6.45) is 5.01. The zero-order valence-corrected chi connectivity index (χ0v) is 12.9. The maximum atomic E-state index is 11.9. The standard InChI is InChI=1S/C14H21N3O3S/c1-10-2-5-14(6-3-10,12(18)19)17-13(20)16-7-4-11-15-8-9-21-11/h8-10H,2-7H2,1H3,(H,18,19)(H2,16,17,20). The molecule has 2 amide bonds. The van der Waals surface area contributed by atoms with Gasteiger partial charge in [0.25, 0.3) is 0 Å². The van der Waals surface area contributed by atoms with Gasteiger partial charge in [0.15, 0.2) is 0 Å². The number of carboxylic acid groups (broad SMARTS) is 1. The smallest absolute Gasteiger partial charge is 0.329 e. The molecule has 1 fully saturated rings. The second-order valence-corrected chi connectivity index (χ2v) is 6.61. The Morgan fingerprint density at radius 3 is 2.76 bits per heavy atom. The molecule has 0 bridgehead atoms. The molecular weight excluding hydrogens is 290 g/mol. The first-order chi connectivity index (χ1) is 10.0. The summed E-state index contributed by atoms with van der Waals surface area (Å²) in [5.74, 6) is -0.420. The van der Waals surface area contributed by atoms with Gasteiger partial charge in [-0.3, -0.25) is 0 Å². The second-order valence-electron chi connectivity index (χ2n) is 5.63. The molecule has 0 saturated heterocycles. The van der Waals surface area contributed by atoms with E-state index >= 15 is 0 Å². The van der Waals surface area contributed by atoms with E-state index in [1.165, 1.54) is 11.3 Å². The molecule has 0 radical (unpaired) electrons. The number of nitrogens with one attached hydrogen (secondary N) is 2. The number of carbonyl (C=O) groups is 2. The van der Waals surface area contributed by atoms with Gasteiger partial charge in [-0.2, -0.15) is 0 Å². The van der Waals surface area contributed by atoms with Gasteiger partial charge >= 0.3 is 12.0 Å². The maximum Gasteiger partial charge on any atom is 0.329 e. The van der Waals surface area contributed by atoms with Gasteiger partial charge in [0.2, 0.25) is 0 Å². The quantitative estimate of drug-likeness (QED) is 0.776. The van der Waals surface area contributed by atoms with Crippen molar-refractivity contribution in [3.05, 3.63) is 16.6 Å². The summed E-state index contributed by atoms with van der Waals surface area (Å²) in [5.41, 5.74) is -1.11. The molecular formula is C14H21N3O3S. The molecule has 1 aromatic rings. The Balaban J connectivity index is 1.82. The number of hydrogen-bond acceptors (Lipinski definition) is 4. The predicted octanol–water partition coefficient (Wildman–Crippen LogP) is 2.02. The van der Waals surface area contributed by atoms with Crippen LogP contribution in [0.3, 0.4) is 0 Å². The zero-order chi connectivity index (χ0) is 15.3. The van der Waals surface area contributed by atoms with Crippen LogP contribution in [0, 0.1) is 5.92 Å². The van der Waals surface area contributed by atoms with Crippen LogP contribution < -0.4 is 10.6 Å². The Morgan fingerprint density at radius 1 is 1.48 bits per heavy atom. The fraction of sp³-hybridized carbons (Fsp3) is 0.643. The van der Waals surface area contributed by atoms with Crippen LogP contribution in [0.25, 0.3) is 0 Å². The second kappa shape index (κ2) is 6.89. The summed E-state index contributed by atoms with van der Waals surface area (Å²) in [6.45, 7) is 2.56. The molecule has 6 nitrogen and oxygen atoms in total. The molecule has 1 heterocycles. The SMILES string of the molecule is CC1CCC(NC(=O)NCCc2nccs2)(C(=O)O)CC1. The normalized spacial score (nSPS) is 25.3. The number of rotatable bonds is 5. The molecule has 2 rings (SSSR count). The third kappa shape index (κ3) is 4.17. The van der Waals surface area contributed by atoms with Crippen LogP contribution >= 0.6 is 11.3 Å². The van der Waals surface area contributed by atoms with Crippen LogP contribution in [-0.2, 0) is 11.2 Å². The lowest BCUT2D eigenvalue weighted by Gasteiger charge is -2.36. The van der Waals surface area contributed by atoms with Crippen LogP contribution in [0.1, 0.15) is 37.6 Å². The average molecular weight is 311 g/mol. The zero-order valence-electron chi connectivity index (χ0n) is 12.1. The Bertz CT molecular complexity index is 482. The van der Waals surface area contributed by atoms with Crippen LogP contribution in [0.2, 0.25) is 0 Å². The number of carboxylic acids is 1. The highest BCUT2D eigenvalue weighted by molar-refractivity contribution is 7.09. The van der Waals surface area contributed by atoms with Gasteiger partial charge in [-0.1, -0.05) is 6.92 Å². The van der Waals surface area contributed by atoms with Gasteiger partial charge in [0, 0.05) is 24.5 Å². The van der Waals surface area contributed by atoms with E-state index in [-0.39, 0.29) is 0 Å². The fourth-order valence-electron chi connectivity index (χ4n) is 2.57. The third-order valence-corrected chi connectivity index (χ3v) is 4.84. The van der Waals surface area contributed by atoms with Crippen LogP contribution in [0.4, 0.5) is 4.79 Å². The summed E-state index contributed by atoms with van der Waals surface area (Å²) in [7, 11) is 0. The number of hydrogen-bond donors (Lipinski definition) is 3. The summed E-state index contributed by atoms with van der Waals surface area (Å²) in [5, 5.41) is 17.7. The van der Waals surface area contributed by atoms with E-state index in [2.05, 4.69) is 22.5 Å². The fourth-order valence-corrected chi connectivity index (χ4v) is 3.19. The molecule has 0 unspecified atom stereocenters. The molecule has 3 N–H and O–H groups in total. The summed E-state index contributed by atoms with van der Waals surface area (Å²) < 4.78 is 0. The molecule has 0 aromatic carbocycles. The molecule has 1 saturated carbocycles. The Kier molecular flexibility index (Phi) is 5.17. The van der Waals surface area contributed by atoms with Gasteiger partial charge in [0.05, 0.1) is 5.01 Å². The van der Waals surface area contributed by atoms with E-state index in [9.17, 15) is 14.7 Å². The van der Waals surface area contributed by atoms with E-state index in [1.807, 2.05) is 5.38 Å². The van der Waals surface area contributed by atoms with Crippen molar-refractivity contribution in [1.82, 2.24) is 15.6 Å². The molecule has 0 spiro atoms. The minimum Gasteiger partial charge on any atom is -0.480 e. The summed E-state index contributed by atoms with van der Waals surface area (Å²) in [6, 6.07) is -0.413. The first kappa shape index (κ1) is 15.8. The predicted molar refractivity (Wildman–Crippen MR) is 80.4 cm³/mol. The molecule has 0 atom stereocenters. The number of aliphatic carboxylic acids is 1. The molecule has 21 heavy (non-hydrogen) atoms. The van der Waals surface area contributed by atoms with Crippen molar-refractivity contribution >= 4 is 23.3 Å². The number of nitrogens with zero attached hydrogens (tertiary/aromatic N) is 1. The third-order valence-electron chi connectivity index (χ3n) is 4.00. The minimum atomic E-state index is -1.11. The molecule has 116 valence electrons. The Hall–Kier alpha value is -1.63. The number of thiazole rings is 1. The lowest BCUT2D eigenvalue weighted by atomic mass is 9.77. The van der Waals surface area contributed by atoms with Crippen LogP contribution in [0.5, 0.6) is 0 Å². The van der Waals surface area contributed by atoms with Crippen LogP contribution in [0.15, 0.2) is 11.6 Å². The first-order valence-electron chi connectivity index (χ1n) is 7.19. The Morgan fingerprint density at radius 2 is 2.19 bits per heavy atom. The highest BCUT2D eigenvalue weighted by Gasteiger charge is 2.42. The van der Waals surface area contributed by atoms with Gasteiger partial charge in [-0.25, -0.2) is 14.6 Å². The van der Waals surface area contributed by atoms with E-state index in [4.69, 9.17) is 0 Å². The number of amides is 2. The van der Waals surface area contributed by atoms with Crippen molar-refractivity contribution in [3.63, 3.8) is 0 Å². The number of urea groups is 1. The van der Waals surface area contributed by atoms with E-state index < -0.39 is 17.5 Å². The average Bonchev–Trinajstić information content (AvgIpc) is 2.94. The molecule has 1 aromatic heterocycles. The minimum absolute atomic E-state index is 0.413. The highest BCUT2D eigenvalue weighted by Crippen LogP contribution is 2.32. The first-order valence-corrected chi connectivity index (χ1v) is 8.07. The maximum absolute atomic E-state index is 11.9. The van der Waals surface area contributed by atoms with Crippen molar-refractivity contribution in [2.45, 2.75) is 44.6 Å². The van der Waals surface area contributed by atoms with Crippen molar-refractivity contribution in [2.24, 2.45) is 5.92 Å². The lowest BCUT2D eigenvalue weighted by Crippen LogP contribution is -2.58. The number of aromatic nitrogens is 1. The van der Waals surface area contributed by atoms with Crippen molar-refractivity contribution in [2.75, 3.05) is 6.54 Å². The van der Waals surface area contributed by atoms with Crippen molar-refractivity contribution < 1.29 is 14.7 Å². The largest absolute Gasteiger partial charge is 0.480 e. The number of carbonyl (C=O) groups excluding carboxylic acids is 1. The molecule has 1 aliphatic rings. The highest BCUT2D eigenvalue weighted by atomic mass is 32.1. The molecule has 0 aliphatic heterocycles. The van der Waals surface area contributed by atoms with Gasteiger partial charge in [-0.05, 0) is 31.6 Å². The van der Waals surface area contributed by atoms with Gasteiger partial charge in [0.1, 0.15) is 5.54 Å². The lowest BCUT2D eigenvalue weighted by molar-refractivity contribution is -0.146. The monoisotopic (exact) mass is 311 g/mol. The van der Waals surface area contributed by atoms with Crippen LogP contribution in [-0.4, -0.2) is 34.2 Å². The molecule has 1 aliphatic carbocycles. The van der Waals surface area contributed by atoms with Gasteiger partial charge in [-0.15, -0.1) is 11.3 Å². The van der Waals surface area contributed by atoms with E-state index in [1.54, 1.807) is 6.20 Å². The van der Waals surface area contributed by atoms with Gasteiger partial charge < -0.3 is 15.7 Å². The van der Waals surface area contributed by atoms with Crippen molar-refractivity contribution in [3.8, 4) is 0 Å². The molecule has 7 heteroatoms. The summed E-state index contributed by atoms with van der Waals surface area (Å²) in [4.78, 5) is 27.6. The van der Waals surface area contributed by atoms with E-state index in [0.717, 1.165) is 17.8 Å². The summed E-state index contributed by atoms with van der Waals surface area (Å²) >= 11 is 1.54. The van der Waals surface area contributed by atoms with Crippen molar-refractivity contribution in [1.29, 1.82) is 0 Å².